The molecule has 2 aromatic rings. The molecule has 1 N–H and O–H groups in total. The molecule has 0 saturated heterocycles. The van der Waals surface area contributed by atoms with Crippen LogP contribution in [0.4, 0.5) is 5.69 Å². The number of benzene rings is 2. The largest absolute Gasteiger partial charge is 0.352 e. The van der Waals surface area contributed by atoms with Crippen LogP contribution in [0.5, 0.6) is 0 Å². The number of anilines is 1. The van der Waals surface area contributed by atoms with Gasteiger partial charge in [0.1, 0.15) is 12.6 Å². The molecule has 0 spiro atoms. The molecule has 2 amide bonds. The van der Waals surface area contributed by atoms with E-state index in [0.29, 0.717) is 12.1 Å². The van der Waals surface area contributed by atoms with E-state index in [2.05, 4.69) is 5.32 Å². The van der Waals surface area contributed by atoms with Crippen molar-refractivity contribution in [3.05, 3.63) is 65.2 Å². The molecule has 0 saturated carbocycles. The summed E-state index contributed by atoms with van der Waals surface area (Å²) < 4.78 is 27.0. The number of nitrogens with one attached hydrogen (secondary N) is 1. The van der Waals surface area contributed by atoms with Gasteiger partial charge in [-0.3, -0.25) is 13.9 Å². The van der Waals surface area contributed by atoms with Crippen LogP contribution in [0.3, 0.4) is 0 Å². The van der Waals surface area contributed by atoms with Crippen molar-refractivity contribution in [2.24, 2.45) is 0 Å². The molecule has 2 rings (SSSR count). The van der Waals surface area contributed by atoms with E-state index in [1.807, 2.05) is 77.9 Å². The lowest BCUT2D eigenvalue weighted by atomic mass is 10.0. The third-order valence-corrected chi connectivity index (χ3v) is 7.62. The Balaban J connectivity index is 2.52. The Morgan fingerprint density at radius 1 is 0.944 bits per heavy atom. The maximum absolute atomic E-state index is 13.9. The molecule has 0 aliphatic heterocycles. The highest BCUT2D eigenvalue weighted by Crippen LogP contribution is 2.29. The number of aryl methyl sites for hydroxylation is 1. The van der Waals surface area contributed by atoms with E-state index in [9.17, 15) is 18.0 Å². The van der Waals surface area contributed by atoms with Gasteiger partial charge in [0.2, 0.25) is 21.8 Å². The monoisotopic (exact) mass is 515 g/mol. The zero-order chi connectivity index (χ0) is 27.0. The standard InChI is InChI=1S/C28H41N3O4S/c1-8-22(6)29-28(33)25(9-2)30(18-23-15-11-10-14-21(23)5)27(32)19-31(36(7,34)35)26-17-13-12-16-24(26)20(3)4/h10-17,20,22,25H,8-9,18-19H2,1-7H3,(H,29,33)/t22-,25-/m1/s1. The third kappa shape index (κ3) is 7.56. The van der Waals surface area contributed by atoms with Gasteiger partial charge in [0.25, 0.3) is 0 Å². The van der Waals surface area contributed by atoms with Crippen LogP contribution in [0, 0.1) is 6.92 Å². The minimum atomic E-state index is -3.77. The van der Waals surface area contributed by atoms with Crippen molar-refractivity contribution in [2.75, 3.05) is 17.1 Å². The number of hydrogen-bond acceptors (Lipinski definition) is 4. The Labute approximate surface area is 216 Å². The Hall–Kier alpha value is -2.87. The molecule has 0 unspecified atom stereocenters. The molecule has 2 atom stereocenters. The maximum atomic E-state index is 13.9. The van der Waals surface area contributed by atoms with Gasteiger partial charge in [-0.15, -0.1) is 0 Å². The molecule has 0 aromatic heterocycles. The lowest BCUT2D eigenvalue weighted by Crippen LogP contribution is -2.53. The fraction of sp³-hybridized carbons (Fsp3) is 0.500. The molecule has 0 heterocycles. The molecule has 0 aliphatic carbocycles. The quantitative estimate of drug-likeness (QED) is 0.447. The first-order valence-electron chi connectivity index (χ1n) is 12.6. The van der Waals surface area contributed by atoms with E-state index in [0.717, 1.165) is 33.7 Å². The topological polar surface area (TPSA) is 86.8 Å². The van der Waals surface area contributed by atoms with Gasteiger partial charge in [-0.1, -0.05) is 70.2 Å². The highest BCUT2D eigenvalue weighted by Gasteiger charge is 2.33. The molecule has 0 aliphatic rings. The van der Waals surface area contributed by atoms with E-state index >= 15 is 0 Å². The van der Waals surface area contributed by atoms with Crippen LogP contribution in [0.1, 0.15) is 70.1 Å². The molecule has 2 aromatic carbocycles. The number of nitrogens with zero attached hydrogens (tertiary/aromatic N) is 2. The van der Waals surface area contributed by atoms with E-state index in [1.165, 1.54) is 4.90 Å². The summed E-state index contributed by atoms with van der Waals surface area (Å²) in [6, 6.07) is 14.2. The number of para-hydroxylation sites is 1. The summed E-state index contributed by atoms with van der Waals surface area (Å²) in [5.74, 6) is -0.594. The van der Waals surface area contributed by atoms with E-state index in [4.69, 9.17) is 0 Å². The minimum absolute atomic E-state index is 0.0348. The van der Waals surface area contributed by atoms with Crippen LogP contribution in [-0.2, 0) is 26.2 Å². The summed E-state index contributed by atoms with van der Waals surface area (Å²) >= 11 is 0. The second-order valence-corrected chi connectivity index (χ2v) is 11.6. The fourth-order valence-electron chi connectivity index (χ4n) is 4.13. The first kappa shape index (κ1) is 29.4. The average molecular weight is 516 g/mol. The molecule has 0 bridgehead atoms. The van der Waals surface area contributed by atoms with Crippen LogP contribution in [0.25, 0.3) is 0 Å². The summed E-state index contributed by atoms with van der Waals surface area (Å²) in [7, 11) is -3.77. The van der Waals surface area contributed by atoms with Gasteiger partial charge in [0, 0.05) is 12.6 Å². The number of carbonyl (C=O) groups is 2. The highest BCUT2D eigenvalue weighted by molar-refractivity contribution is 7.92. The number of carbonyl (C=O) groups excluding carboxylic acids is 2. The Kier molecular flexibility index (Phi) is 10.5. The molecule has 36 heavy (non-hydrogen) atoms. The van der Waals surface area contributed by atoms with Crippen molar-refractivity contribution in [3.8, 4) is 0 Å². The van der Waals surface area contributed by atoms with Gasteiger partial charge in [-0.05, 0) is 55.4 Å². The van der Waals surface area contributed by atoms with Crippen LogP contribution < -0.4 is 9.62 Å². The molecule has 8 heteroatoms. The normalized spacial score (nSPS) is 13.2. The van der Waals surface area contributed by atoms with Crippen LogP contribution in [0.2, 0.25) is 0 Å². The third-order valence-electron chi connectivity index (χ3n) is 6.50. The fourth-order valence-corrected chi connectivity index (χ4v) is 5.00. The van der Waals surface area contributed by atoms with Gasteiger partial charge in [-0.25, -0.2) is 8.42 Å². The van der Waals surface area contributed by atoms with Crippen LogP contribution in [0.15, 0.2) is 48.5 Å². The van der Waals surface area contributed by atoms with Crippen LogP contribution in [-0.4, -0.2) is 50.0 Å². The number of sulfonamides is 1. The van der Waals surface area contributed by atoms with Crippen molar-refractivity contribution < 1.29 is 18.0 Å². The van der Waals surface area contributed by atoms with Gasteiger partial charge < -0.3 is 10.2 Å². The predicted octanol–water partition coefficient (Wildman–Crippen LogP) is 4.61. The highest BCUT2D eigenvalue weighted by atomic mass is 32.2. The minimum Gasteiger partial charge on any atom is -0.352 e. The van der Waals surface area contributed by atoms with E-state index < -0.39 is 22.0 Å². The van der Waals surface area contributed by atoms with Crippen LogP contribution >= 0.6 is 0 Å². The van der Waals surface area contributed by atoms with Crippen molar-refractivity contribution in [1.29, 1.82) is 0 Å². The van der Waals surface area contributed by atoms with Gasteiger partial charge in [-0.2, -0.15) is 0 Å². The summed E-state index contributed by atoms with van der Waals surface area (Å²) in [5.41, 5.74) is 3.23. The molecule has 0 fully saturated rings. The number of hydrogen-bond donors (Lipinski definition) is 1. The van der Waals surface area contributed by atoms with Gasteiger partial charge in [0.15, 0.2) is 0 Å². The zero-order valence-corrected chi connectivity index (χ0v) is 23.4. The lowest BCUT2D eigenvalue weighted by Gasteiger charge is -2.34. The number of amides is 2. The Morgan fingerprint density at radius 3 is 2.11 bits per heavy atom. The van der Waals surface area contributed by atoms with E-state index in [1.54, 1.807) is 12.1 Å². The molecule has 198 valence electrons. The first-order valence-corrected chi connectivity index (χ1v) is 14.5. The lowest BCUT2D eigenvalue weighted by molar-refractivity contribution is -0.140. The van der Waals surface area contributed by atoms with Crippen molar-refractivity contribution >= 4 is 27.5 Å². The SMILES string of the molecule is CC[C@@H](C)NC(=O)[C@@H](CC)N(Cc1ccccc1C)C(=O)CN(c1ccccc1C(C)C)S(C)(=O)=O. The van der Waals surface area contributed by atoms with Crippen molar-refractivity contribution in [2.45, 2.75) is 78.9 Å². The Morgan fingerprint density at radius 2 is 1.56 bits per heavy atom. The summed E-state index contributed by atoms with van der Waals surface area (Å²) in [4.78, 5) is 28.6. The Bertz CT molecular complexity index is 1150. The second kappa shape index (κ2) is 12.9. The smallest absolute Gasteiger partial charge is 0.244 e. The second-order valence-electron chi connectivity index (χ2n) is 9.67. The van der Waals surface area contributed by atoms with Gasteiger partial charge >= 0.3 is 0 Å². The molecular formula is C28H41N3O4S. The van der Waals surface area contributed by atoms with E-state index in [-0.39, 0.29) is 31.0 Å². The van der Waals surface area contributed by atoms with Crippen molar-refractivity contribution in [3.63, 3.8) is 0 Å². The molecule has 0 radical (unpaired) electrons. The van der Waals surface area contributed by atoms with Crippen molar-refractivity contribution in [1.82, 2.24) is 10.2 Å². The zero-order valence-electron chi connectivity index (χ0n) is 22.6. The predicted molar refractivity (Wildman–Crippen MR) is 146 cm³/mol. The first-order chi connectivity index (χ1) is 16.9. The molecule has 7 nitrogen and oxygen atoms in total. The summed E-state index contributed by atoms with van der Waals surface area (Å²) in [5, 5.41) is 2.99. The summed E-state index contributed by atoms with van der Waals surface area (Å²) in [6.45, 7) is 11.5. The number of rotatable bonds is 12. The van der Waals surface area contributed by atoms with Gasteiger partial charge in [0.05, 0.1) is 11.9 Å². The average Bonchev–Trinajstić information content (AvgIpc) is 2.82. The molecular weight excluding hydrogens is 474 g/mol. The summed E-state index contributed by atoms with van der Waals surface area (Å²) in [6.07, 6.45) is 2.28. The maximum Gasteiger partial charge on any atom is 0.244 e.